The minimum absolute atomic E-state index is 0.0329. The van der Waals surface area contributed by atoms with Gasteiger partial charge in [-0.2, -0.15) is 0 Å². The Morgan fingerprint density at radius 1 is 1.44 bits per heavy atom. The lowest BCUT2D eigenvalue weighted by molar-refractivity contribution is 0.0994. The molecule has 0 fully saturated rings. The predicted molar refractivity (Wildman–Crippen MR) is 74.8 cm³/mol. The lowest BCUT2D eigenvalue weighted by Gasteiger charge is -2.17. The maximum Gasteiger partial charge on any atom is 0.120 e. The number of benzene rings is 1. The Labute approximate surface area is 116 Å². The van der Waals surface area contributed by atoms with Crippen molar-refractivity contribution in [3.63, 3.8) is 0 Å². The standard InChI is InChI=1S/C13H20BrNO3/c1-2-11(8-16)15-7-12(17)9-18-13-5-3-4-10(14)6-13/h3-6,11-12,15-17H,2,7-9H2,1H3/t11-,12-/m1/s1. The second-order valence-electron chi connectivity index (χ2n) is 4.12. The Balaban J connectivity index is 2.26. The molecule has 0 radical (unpaired) electrons. The minimum atomic E-state index is -0.593. The van der Waals surface area contributed by atoms with Crippen LogP contribution in [0.25, 0.3) is 0 Å². The average Bonchev–Trinajstić information content (AvgIpc) is 2.37. The van der Waals surface area contributed by atoms with E-state index in [1.54, 1.807) is 0 Å². The molecular weight excluding hydrogens is 298 g/mol. The number of aliphatic hydroxyl groups is 2. The molecule has 0 bridgehead atoms. The first kappa shape index (κ1) is 15.4. The van der Waals surface area contributed by atoms with Crippen LogP contribution in [0.5, 0.6) is 5.75 Å². The van der Waals surface area contributed by atoms with E-state index in [4.69, 9.17) is 9.84 Å². The van der Waals surface area contributed by atoms with Crippen LogP contribution in [-0.4, -0.2) is 42.1 Å². The Kier molecular flexibility index (Phi) is 7.27. The van der Waals surface area contributed by atoms with E-state index in [9.17, 15) is 5.11 Å². The van der Waals surface area contributed by atoms with Crippen LogP contribution in [0.4, 0.5) is 0 Å². The SMILES string of the molecule is CC[C@H](CO)NC[C@@H](O)COc1cccc(Br)c1. The van der Waals surface area contributed by atoms with Gasteiger partial charge in [0.05, 0.1) is 6.61 Å². The molecule has 0 amide bonds. The van der Waals surface area contributed by atoms with Crippen molar-refractivity contribution in [2.75, 3.05) is 19.8 Å². The third-order valence-electron chi connectivity index (χ3n) is 2.59. The highest BCUT2D eigenvalue weighted by Crippen LogP contribution is 2.17. The highest BCUT2D eigenvalue weighted by Gasteiger charge is 2.09. The Bertz CT molecular complexity index is 345. The number of halogens is 1. The zero-order chi connectivity index (χ0) is 13.4. The summed E-state index contributed by atoms with van der Waals surface area (Å²) in [6.45, 7) is 2.70. The van der Waals surface area contributed by atoms with Gasteiger partial charge in [-0.25, -0.2) is 0 Å². The number of aliphatic hydroxyl groups excluding tert-OH is 2. The third kappa shape index (κ3) is 5.82. The van der Waals surface area contributed by atoms with Crippen LogP contribution >= 0.6 is 15.9 Å². The molecule has 1 aromatic carbocycles. The first-order chi connectivity index (χ1) is 8.65. The largest absolute Gasteiger partial charge is 0.491 e. The van der Waals surface area contributed by atoms with Crippen LogP contribution in [0, 0.1) is 0 Å². The van der Waals surface area contributed by atoms with E-state index in [2.05, 4.69) is 21.2 Å². The summed E-state index contributed by atoms with van der Waals surface area (Å²) < 4.78 is 6.41. The van der Waals surface area contributed by atoms with Crippen LogP contribution in [-0.2, 0) is 0 Å². The van der Waals surface area contributed by atoms with Crippen LogP contribution < -0.4 is 10.1 Å². The lowest BCUT2D eigenvalue weighted by Crippen LogP contribution is -2.39. The Morgan fingerprint density at radius 2 is 2.22 bits per heavy atom. The van der Waals surface area contributed by atoms with Crippen LogP contribution in [0.3, 0.4) is 0 Å². The molecule has 5 heteroatoms. The molecule has 18 heavy (non-hydrogen) atoms. The molecular formula is C13H20BrNO3. The summed E-state index contributed by atoms with van der Waals surface area (Å²) >= 11 is 3.36. The number of hydrogen-bond acceptors (Lipinski definition) is 4. The summed E-state index contributed by atoms with van der Waals surface area (Å²) in [6, 6.07) is 7.52. The second kappa shape index (κ2) is 8.48. The molecule has 2 atom stereocenters. The molecule has 4 nitrogen and oxygen atoms in total. The van der Waals surface area contributed by atoms with E-state index in [-0.39, 0.29) is 19.3 Å². The molecule has 1 rings (SSSR count). The van der Waals surface area contributed by atoms with Crippen molar-refractivity contribution in [2.45, 2.75) is 25.5 Å². The van der Waals surface area contributed by atoms with Gasteiger partial charge in [0.15, 0.2) is 0 Å². The second-order valence-corrected chi connectivity index (χ2v) is 5.03. The number of ether oxygens (including phenoxy) is 1. The van der Waals surface area contributed by atoms with Crippen molar-refractivity contribution in [1.29, 1.82) is 0 Å². The minimum Gasteiger partial charge on any atom is -0.491 e. The topological polar surface area (TPSA) is 61.7 Å². The van der Waals surface area contributed by atoms with Gasteiger partial charge in [-0.15, -0.1) is 0 Å². The molecule has 0 saturated heterocycles. The first-order valence-electron chi connectivity index (χ1n) is 6.06. The molecule has 0 aliphatic carbocycles. The van der Waals surface area contributed by atoms with Crippen molar-refractivity contribution >= 4 is 15.9 Å². The van der Waals surface area contributed by atoms with Gasteiger partial charge in [-0.3, -0.25) is 0 Å². The average molecular weight is 318 g/mol. The molecule has 3 N–H and O–H groups in total. The molecule has 0 saturated carbocycles. The quantitative estimate of drug-likeness (QED) is 0.681. The highest BCUT2D eigenvalue weighted by molar-refractivity contribution is 9.10. The molecule has 1 aromatic rings. The summed E-state index contributed by atoms with van der Waals surface area (Å²) in [6.07, 6.45) is 0.236. The first-order valence-corrected chi connectivity index (χ1v) is 6.85. The fraction of sp³-hybridized carbons (Fsp3) is 0.538. The van der Waals surface area contributed by atoms with Crippen LogP contribution in [0.15, 0.2) is 28.7 Å². The molecule has 102 valence electrons. The van der Waals surface area contributed by atoms with Gasteiger partial charge in [-0.1, -0.05) is 28.9 Å². The zero-order valence-electron chi connectivity index (χ0n) is 10.5. The van der Waals surface area contributed by atoms with Gasteiger partial charge in [0.2, 0.25) is 0 Å². The van der Waals surface area contributed by atoms with Gasteiger partial charge < -0.3 is 20.3 Å². The summed E-state index contributed by atoms with van der Waals surface area (Å²) in [5.74, 6) is 0.720. The number of rotatable bonds is 8. The van der Waals surface area contributed by atoms with Crippen LogP contribution in [0.1, 0.15) is 13.3 Å². The van der Waals surface area contributed by atoms with Gasteiger partial charge in [0.1, 0.15) is 18.5 Å². The third-order valence-corrected chi connectivity index (χ3v) is 3.09. The van der Waals surface area contributed by atoms with E-state index in [1.807, 2.05) is 31.2 Å². The van der Waals surface area contributed by atoms with Gasteiger partial charge >= 0.3 is 0 Å². The number of hydrogen-bond donors (Lipinski definition) is 3. The summed E-state index contributed by atoms with van der Waals surface area (Å²) in [5.41, 5.74) is 0. The Hall–Kier alpha value is -0.620. The van der Waals surface area contributed by atoms with Crippen molar-refractivity contribution in [1.82, 2.24) is 5.32 Å². The maximum atomic E-state index is 9.74. The summed E-state index contributed by atoms with van der Waals surface area (Å²) in [4.78, 5) is 0. The van der Waals surface area contributed by atoms with E-state index >= 15 is 0 Å². The zero-order valence-corrected chi connectivity index (χ0v) is 12.1. The van der Waals surface area contributed by atoms with Gasteiger partial charge in [0.25, 0.3) is 0 Å². The van der Waals surface area contributed by atoms with E-state index in [0.717, 1.165) is 16.6 Å². The van der Waals surface area contributed by atoms with Crippen LogP contribution in [0.2, 0.25) is 0 Å². The Morgan fingerprint density at radius 3 is 2.83 bits per heavy atom. The smallest absolute Gasteiger partial charge is 0.120 e. The van der Waals surface area contributed by atoms with Crippen molar-refractivity contribution in [3.05, 3.63) is 28.7 Å². The van der Waals surface area contributed by atoms with E-state index in [0.29, 0.717) is 6.54 Å². The normalized spacial score (nSPS) is 14.2. The number of nitrogens with one attached hydrogen (secondary N) is 1. The van der Waals surface area contributed by atoms with Crippen molar-refractivity contribution in [2.24, 2.45) is 0 Å². The van der Waals surface area contributed by atoms with E-state index in [1.165, 1.54) is 0 Å². The molecule has 0 spiro atoms. The van der Waals surface area contributed by atoms with Crippen molar-refractivity contribution in [3.8, 4) is 5.75 Å². The monoisotopic (exact) mass is 317 g/mol. The predicted octanol–water partition coefficient (Wildman–Crippen LogP) is 1.55. The van der Waals surface area contributed by atoms with Gasteiger partial charge in [0, 0.05) is 17.1 Å². The fourth-order valence-electron chi connectivity index (χ4n) is 1.45. The van der Waals surface area contributed by atoms with Gasteiger partial charge in [-0.05, 0) is 24.6 Å². The van der Waals surface area contributed by atoms with E-state index < -0.39 is 6.10 Å². The molecule has 0 unspecified atom stereocenters. The molecule has 0 heterocycles. The lowest BCUT2D eigenvalue weighted by atomic mass is 10.2. The fourth-order valence-corrected chi connectivity index (χ4v) is 1.83. The van der Waals surface area contributed by atoms with Crippen molar-refractivity contribution < 1.29 is 14.9 Å². The molecule has 0 aromatic heterocycles. The summed E-state index contributed by atoms with van der Waals surface area (Å²) in [5, 5.41) is 21.8. The highest BCUT2D eigenvalue weighted by atomic mass is 79.9. The summed E-state index contributed by atoms with van der Waals surface area (Å²) in [7, 11) is 0. The molecule has 0 aliphatic heterocycles. The maximum absolute atomic E-state index is 9.74. The molecule has 0 aliphatic rings.